The minimum atomic E-state index is -4.55. The largest absolute Gasteiger partial charge is 0.416 e. The van der Waals surface area contributed by atoms with Crippen LogP contribution in [0.5, 0.6) is 0 Å². The van der Waals surface area contributed by atoms with Gasteiger partial charge in [0.2, 0.25) is 0 Å². The van der Waals surface area contributed by atoms with E-state index >= 15 is 0 Å². The fourth-order valence-electron chi connectivity index (χ4n) is 9.09. The van der Waals surface area contributed by atoms with Crippen molar-refractivity contribution < 1.29 is 13.2 Å². The van der Waals surface area contributed by atoms with Crippen molar-refractivity contribution in [2.45, 2.75) is 6.18 Å². The van der Waals surface area contributed by atoms with Gasteiger partial charge in [-0.2, -0.15) is 18.4 Å². The van der Waals surface area contributed by atoms with Crippen LogP contribution in [0, 0.1) is 11.3 Å². The molecule has 12 rings (SSSR count). The number of halogens is 3. The number of nitrogens with zero attached hydrogens (tertiary/aromatic N) is 3. The molecule has 12 aromatic rings. The lowest BCUT2D eigenvalue weighted by Crippen LogP contribution is -2.07. The normalized spacial score (nSPS) is 12.4. The molecule has 0 radical (unpaired) electrons. The van der Waals surface area contributed by atoms with Gasteiger partial charge in [-0.25, -0.2) is 0 Å². The van der Waals surface area contributed by atoms with Crippen LogP contribution in [-0.4, -0.2) is 9.13 Å². The molecule has 0 aliphatic heterocycles. The summed E-state index contributed by atoms with van der Waals surface area (Å²) < 4.78 is 51.8. The van der Waals surface area contributed by atoms with E-state index in [2.05, 4.69) is 112 Å². The quantitative estimate of drug-likeness (QED) is 0.175. The van der Waals surface area contributed by atoms with Crippen molar-refractivity contribution in [2.24, 2.45) is 0 Å². The highest BCUT2D eigenvalue weighted by Gasteiger charge is 2.31. The number of thiophene rings is 2. The molecule has 0 aliphatic carbocycles. The zero-order chi connectivity index (χ0) is 38.9. The summed E-state index contributed by atoms with van der Waals surface area (Å²) >= 11 is 3.48. The highest BCUT2D eigenvalue weighted by Crippen LogP contribution is 2.48. The lowest BCUT2D eigenvalue weighted by Gasteiger charge is -2.20. The molecule has 4 aromatic heterocycles. The molecule has 4 heterocycles. The van der Waals surface area contributed by atoms with E-state index in [1.54, 1.807) is 28.7 Å². The van der Waals surface area contributed by atoms with Crippen LogP contribution in [0.1, 0.15) is 11.1 Å². The van der Waals surface area contributed by atoms with E-state index in [-0.39, 0.29) is 5.56 Å². The molecule has 0 unspecified atom stereocenters. The summed E-state index contributed by atoms with van der Waals surface area (Å²) in [7, 11) is 0. The minimum Gasteiger partial charge on any atom is -0.306 e. The minimum absolute atomic E-state index is 0.278. The molecular weight excluding hydrogens is 764 g/mol. The zero-order valence-corrected chi connectivity index (χ0v) is 31.9. The van der Waals surface area contributed by atoms with E-state index in [0.29, 0.717) is 11.1 Å². The Bertz CT molecular complexity index is 3760. The van der Waals surface area contributed by atoms with E-state index < -0.39 is 11.7 Å². The average molecular weight is 790 g/mol. The van der Waals surface area contributed by atoms with E-state index in [0.717, 1.165) is 87.3 Å². The molecule has 0 spiro atoms. The third kappa shape index (κ3) is 4.60. The number of alkyl halides is 3. The van der Waals surface area contributed by atoms with Gasteiger partial charge in [-0.1, -0.05) is 109 Å². The number of benzene rings is 8. The van der Waals surface area contributed by atoms with Gasteiger partial charge in [-0.15, -0.1) is 22.7 Å². The number of aromatic nitrogens is 2. The maximum Gasteiger partial charge on any atom is 0.416 e. The number of hydrogen-bond acceptors (Lipinski definition) is 3. The molecule has 0 saturated carbocycles. The highest BCUT2D eigenvalue weighted by atomic mass is 32.1. The van der Waals surface area contributed by atoms with Crippen molar-refractivity contribution in [2.75, 3.05) is 0 Å². The molecule has 0 aliphatic rings. The lowest BCUT2D eigenvalue weighted by molar-refractivity contribution is -0.137. The molecule has 3 nitrogen and oxygen atoms in total. The van der Waals surface area contributed by atoms with Crippen LogP contribution < -0.4 is 0 Å². The van der Waals surface area contributed by atoms with Crippen LogP contribution in [0.2, 0.25) is 0 Å². The summed E-state index contributed by atoms with van der Waals surface area (Å²) in [6.45, 7) is 0. The van der Waals surface area contributed by atoms with E-state index in [4.69, 9.17) is 0 Å². The van der Waals surface area contributed by atoms with Gasteiger partial charge in [0.25, 0.3) is 0 Å². The fourth-order valence-corrected chi connectivity index (χ4v) is 11.6. The van der Waals surface area contributed by atoms with Crippen molar-refractivity contribution in [3.8, 4) is 28.6 Å². The Morgan fingerprint density at radius 3 is 1.48 bits per heavy atom. The fraction of sp³-hybridized carbons (Fsp3) is 0.0200. The van der Waals surface area contributed by atoms with Gasteiger partial charge in [-0.3, -0.25) is 0 Å². The second kappa shape index (κ2) is 12.0. The van der Waals surface area contributed by atoms with Crippen LogP contribution in [0.4, 0.5) is 13.2 Å². The first-order valence-corrected chi connectivity index (χ1v) is 20.4. The summed E-state index contributed by atoms with van der Waals surface area (Å²) in [6, 6.07) is 53.8. The molecule has 0 bridgehead atoms. The highest BCUT2D eigenvalue weighted by molar-refractivity contribution is 7.27. The average Bonchev–Trinajstić information content (AvgIpc) is 4.01. The van der Waals surface area contributed by atoms with Crippen LogP contribution in [-0.2, 0) is 6.18 Å². The number of para-hydroxylation sites is 2. The summed E-state index contributed by atoms with van der Waals surface area (Å²) in [5.41, 5.74) is 5.71. The summed E-state index contributed by atoms with van der Waals surface area (Å²) in [5, 5.41) is 19.8. The number of fused-ring (bicyclic) bond motifs is 14. The molecular formula is C50H26F3N3S2. The molecule has 0 fully saturated rings. The monoisotopic (exact) mass is 789 g/mol. The topological polar surface area (TPSA) is 33.6 Å². The van der Waals surface area contributed by atoms with Gasteiger partial charge in [0.05, 0.1) is 60.0 Å². The van der Waals surface area contributed by atoms with Crippen LogP contribution in [0.25, 0.3) is 106 Å². The van der Waals surface area contributed by atoms with Gasteiger partial charge < -0.3 is 9.13 Å². The van der Waals surface area contributed by atoms with Crippen molar-refractivity contribution >= 4 is 107 Å². The van der Waals surface area contributed by atoms with E-state index in [1.807, 2.05) is 36.4 Å². The van der Waals surface area contributed by atoms with Crippen LogP contribution >= 0.6 is 22.7 Å². The van der Waals surface area contributed by atoms with Gasteiger partial charge in [0, 0.05) is 58.1 Å². The predicted molar refractivity (Wildman–Crippen MR) is 236 cm³/mol. The second-order valence-corrected chi connectivity index (χ2v) is 16.8. The van der Waals surface area contributed by atoms with E-state index in [9.17, 15) is 18.4 Å². The Balaban J connectivity index is 1.31. The molecule has 0 saturated heterocycles. The van der Waals surface area contributed by atoms with Crippen molar-refractivity contribution in [1.82, 2.24) is 9.13 Å². The number of nitriles is 1. The summed E-state index contributed by atoms with van der Waals surface area (Å²) in [5.74, 6) is 0. The Kier molecular flexibility index (Phi) is 6.90. The van der Waals surface area contributed by atoms with E-state index in [1.165, 1.54) is 26.2 Å². The van der Waals surface area contributed by atoms with Crippen molar-refractivity contribution in [3.63, 3.8) is 0 Å². The third-order valence-corrected chi connectivity index (χ3v) is 14.0. The van der Waals surface area contributed by atoms with Gasteiger partial charge in [-0.05, 0) is 54.1 Å². The Morgan fingerprint density at radius 2 is 0.948 bits per heavy atom. The number of hydrogen-bond donors (Lipinski definition) is 0. The van der Waals surface area contributed by atoms with Gasteiger partial charge in [0.1, 0.15) is 0 Å². The SMILES string of the molecule is N#Cc1cc(-n2c3ccccc3c3ccc4c5ccccc5sc4c32)c(-n2c3ccccc3c3ccc4c5ccccc5sc4c32)cc1-c1cccc(C(F)(F)F)c1. The lowest BCUT2D eigenvalue weighted by atomic mass is 9.96. The standard InChI is InChI=1S/C50H26F3N3S2/c51-50(52,53)30-11-9-10-28(24-30)39-26-43(56-41-17-6-2-13-32(41)36-21-23-38-34-15-4-8-19-45(34)58-49(38)47(36)56)42(25-29(39)27-54)55-40-16-5-1-12-31(40)35-20-22-37-33-14-3-7-18-44(33)57-48(37)46(35)55/h1-26H. The first kappa shape index (κ1) is 33.2. The van der Waals surface area contributed by atoms with Crippen LogP contribution in [0.3, 0.4) is 0 Å². The molecule has 0 amide bonds. The van der Waals surface area contributed by atoms with Crippen LogP contribution in [0.15, 0.2) is 158 Å². The second-order valence-electron chi connectivity index (χ2n) is 14.7. The maximum absolute atomic E-state index is 14.2. The smallest absolute Gasteiger partial charge is 0.306 e. The van der Waals surface area contributed by atoms with Gasteiger partial charge >= 0.3 is 6.18 Å². The molecule has 0 N–H and O–H groups in total. The summed E-state index contributed by atoms with van der Waals surface area (Å²) in [6.07, 6.45) is -4.55. The number of rotatable bonds is 3. The molecule has 58 heavy (non-hydrogen) atoms. The Hall–Kier alpha value is -6.92. The Morgan fingerprint density at radius 1 is 0.466 bits per heavy atom. The van der Waals surface area contributed by atoms with Crippen molar-refractivity contribution in [1.29, 1.82) is 5.26 Å². The third-order valence-electron chi connectivity index (χ3n) is 11.6. The first-order chi connectivity index (χ1) is 28.4. The summed E-state index contributed by atoms with van der Waals surface area (Å²) in [4.78, 5) is 0. The first-order valence-electron chi connectivity index (χ1n) is 18.8. The van der Waals surface area contributed by atoms with Crippen molar-refractivity contribution in [3.05, 3.63) is 169 Å². The molecule has 0 atom stereocenters. The predicted octanol–water partition coefficient (Wildman–Crippen LogP) is 15.2. The Labute approximate surface area is 336 Å². The molecule has 8 heteroatoms. The van der Waals surface area contributed by atoms with Gasteiger partial charge in [0.15, 0.2) is 0 Å². The molecule has 8 aromatic carbocycles. The zero-order valence-electron chi connectivity index (χ0n) is 30.3. The molecule has 274 valence electrons. The maximum atomic E-state index is 14.2.